The summed E-state index contributed by atoms with van der Waals surface area (Å²) in [5.41, 5.74) is 5.67. The molecule has 2 N–H and O–H groups in total. The maximum atomic E-state index is 13.3. The summed E-state index contributed by atoms with van der Waals surface area (Å²) in [4.78, 5) is 11.6. The van der Waals surface area contributed by atoms with Gasteiger partial charge in [-0.3, -0.25) is 0 Å². The average Bonchev–Trinajstić information content (AvgIpc) is 2.86. The molecular weight excluding hydrogens is 237 g/mol. The molecule has 2 aromatic rings. The van der Waals surface area contributed by atoms with Gasteiger partial charge in [0.15, 0.2) is 0 Å². The van der Waals surface area contributed by atoms with Crippen LogP contribution in [-0.2, 0) is 17.9 Å². The molecule has 0 spiro atoms. The lowest BCUT2D eigenvalue weighted by atomic mass is 10.2. The van der Waals surface area contributed by atoms with Crippen molar-refractivity contribution in [1.29, 1.82) is 0 Å². The molecule has 4 nitrogen and oxygen atoms in total. The number of ether oxygens (including phenoxy) is 1. The van der Waals surface area contributed by atoms with E-state index in [0.717, 1.165) is 0 Å². The van der Waals surface area contributed by atoms with E-state index < -0.39 is 11.8 Å². The standard InChI is InChI=1S/C13H12FNO3/c14-11-4-2-1-3-9(11)8-17-13(16)12-6-5-10(7-15)18-12/h1-6H,7-8,15H2. The van der Waals surface area contributed by atoms with Gasteiger partial charge in [0.25, 0.3) is 0 Å². The van der Waals surface area contributed by atoms with Gasteiger partial charge < -0.3 is 14.9 Å². The van der Waals surface area contributed by atoms with Gasteiger partial charge in [-0.1, -0.05) is 18.2 Å². The lowest BCUT2D eigenvalue weighted by molar-refractivity contribution is 0.0430. The van der Waals surface area contributed by atoms with E-state index in [1.165, 1.54) is 12.1 Å². The van der Waals surface area contributed by atoms with Crippen LogP contribution in [0.5, 0.6) is 0 Å². The minimum Gasteiger partial charge on any atom is -0.455 e. The Morgan fingerprint density at radius 1 is 1.28 bits per heavy atom. The van der Waals surface area contributed by atoms with Crippen molar-refractivity contribution in [1.82, 2.24) is 0 Å². The van der Waals surface area contributed by atoms with E-state index >= 15 is 0 Å². The Bertz CT molecular complexity index is 551. The van der Waals surface area contributed by atoms with Crippen LogP contribution in [0.2, 0.25) is 0 Å². The Morgan fingerprint density at radius 2 is 2.06 bits per heavy atom. The number of benzene rings is 1. The third kappa shape index (κ3) is 2.75. The number of nitrogens with two attached hydrogens (primary N) is 1. The summed E-state index contributed by atoms with van der Waals surface area (Å²) in [7, 11) is 0. The predicted octanol–water partition coefficient (Wildman–Crippen LogP) is 2.23. The highest BCUT2D eigenvalue weighted by Crippen LogP contribution is 2.12. The smallest absolute Gasteiger partial charge is 0.374 e. The Kier molecular flexibility index (Phi) is 3.74. The SMILES string of the molecule is NCc1ccc(C(=O)OCc2ccccc2F)o1. The van der Waals surface area contributed by atoms with Crippen molar-refractivity contribution in [2.45, 2.75) is 13.2 Å². The number of esters is 1. The largest absolute Gasteiger partial charge is 0.455 e. The Balaban J connectivity index is 1.98. The third-order valence-corrected chi connectivity index (χ3v) is 2.38. The third-order valence-electron chi connectivity index (χ3n) is 2.38. The first-order valence-corrected chi connectivity index (χ1v) is 5.40. The molecule has 0 saturated heterocycles. The summed E-state index contributed by atoms with van der Waals surface area (Å²) >= 11 is 0. The monoisotopic (exact) mass is 249 g/mol. The number of furan rings is 1. The van der Waals surface area contributed by atoms with Crippen LogP contribution in [0.15, 0.2) is 40.8 Å². The fourth-order valence-electron chi connectivity index (χ4n) is 1.43. The summed E-state index contributed by atoms with van der Waals surface area (Å²) in [6, 6.07) is 9.18. The number of carbonyl (C=O) groups is 1. The van der Waals surface area contributed by atoms with Crippen LogP contribution >= 0.6 is 0 Å². The molecule has 0 aliphatic heterocycles. The summed E-state index contributed by atoms with van der Waals surface area (Å²) in [5, 5.41) is 0. The molecule has 0 radical (unpaired) electrons. The molecular formula is C13H12FNO3. The summed E-state index contributed by atoms with van der Waals surface area (Å²) in [5.74, 6) is -0.495. The molecule has 0 atom stereocenters. The molecule has 0 saturated carbocycles. The highest BCUT2D eigenvalue weighted by molar-refractivity contribution is 5.86. The first-order chi connectivity index (χ1) is 8.70. The highest BCUT2D eigenvalue weighted by Gasteiger charge is 2.13. The molecule has 0 aliphatic carbocycles. The zero-order chi connectivity index (χ0) is 13.0. The van der Waals surface area contributed by atoms with Crippen molar-refractivity contribution >= 4 is 5.97 Å². The van der Waals surface area contributed by atoms with Gasteiger partial charge in [0.05, 0.1) is 6.54 Å². The number of hydrogen-bond acceptors (Lipinski definition) is 4. The number of rotatable bonds is 4. The molecule has 94 valence electrons. The molecule has 0 aliphatic rings. The molecule has 18 heavy (non-hydrogen) atoms. The van der Waals surface area contributed by atoms with Crippen LogP contribution in [0.1, 0.15) is 21.9 Å². The first kappa shape index (κ1) is 12.3. The van der Waals surface area contributed by atoms with E-state index in [2.05, 4.69) is 0 Å². The summed E-state index contributed by atoms with van der Waals surface area (Å²) < 4.78 is 23.3. The topological polar surface area (TPSA) is 65.5 Å². The van der Waals surface area contributed by atoms with E-state index in [-0.39, 0.29) is 18.9 Å². The van der Waals surface area contributed by atoms with Crippen LogP contribution in [0.25, 0.3) is 0 Å². The van der Waals surface area contributed by atoms with Gasteiger partial charge in [0.2, 0.25) is 5.76 Å². The van der Waals surface area contributed by atoms with E-state index in [9.17, 15) is 9.18 Å². The molecule has 1 heterocycles. The van der Waals surface area contributed by atoms with E-state index in [0.29, 0.717) is 11.3 Å². The zero-order valence-corrected chi connectivity index (χ0v) is 9.56. The molecule has 1 aromatic heterocycles. The second-order valence-corrected chi connectivity index (χ2v) is 3.64. The quantitative estimate of drug-likeness (QED) is 0.844. The van der Waals surface area contributed by atoms with Gasteiger partial charge in [-0.05, 0) is 18.2 Å². The summed E-state index contributed by atoms with van der Waals surface area (Å²) in [6.45, 7) is 0.0742. The van der Waals surface area contributed by atoms with Gasteiger partial charge in [-0.25, -0.2) is 9.18 Å². The molecule has 2 rings (SSSR count). The molecule has 0 fully saturated rings. The fourth-order valence-corrected chi connectivity index (χ4v) is 1.43. The number of carbonyl (C=O) groups excluding carboxylic acids is 1. The van der Waals surface area contributed by atoms with Crippen molar-refractivity contribution in [3.8, 4) is 0 Å². The van der Waals surface area contributed by atoms with Crippen LogP contribution in [-0.4, -0.2) is 5.97 Å². The normalized spacial score (nSPS) is 10.3. The summed E-state index contributed by atoms with van der Waals surface area (Å²) in [6.07, 6.45) is 0. The highest BCUT2D eigenvalue weighted by atomic mass is 19.1. The fraction of sp³-hybridized carbons (Fsp3) is 0.154. The van der Waals surface area contributed by atoms with Gasteiger partial charge in [-0.2, -0.15) is 0 Å². The number of hydrogen-bond donors (Lipinski definition) is 1. The maximum Gasteiger partial charge on any atom is 0.374 e. The maximum absolute atomic E-state index is 13.3. The van der Waals surface area contributed by atoms with Gasteiger partial charge in [0.1, 0.15) is 18.2 Å². The van der Waals surface area contributed by atoms with E-state index in [4.69, 9.17) is 14.9 Å². The average molecular weight is 249 g/mol. The van der Waals surface area contributed by atoms with Crippen molar-refractivity contribution in [3.63, 3.8) is 0 Å². The Morgan fingerprint density at radius 3 is 2.72 bits per heavy atom. The van der Waals surface area contributed by atoms with Crippen molar-refractivity contribution in [2.24, 2.45) is 5.73 Å². The second-order valence-electron chi connectivity index (χ2n) is 3.64. The van der Waals surface area contributed by atoms with Gasteiger partial charge in [-0.15, -0.1) is 0 Å². The van der Waals surface area contributed by atoms with Crippen molar-refractivity contribution in [2.75, 3.05) is 0 Å². The van der Waals surface area contributed by atoms with Crippen LogP contribution < -0.4 is 5.73 Å². The molecule has 0 unspecified atom stereocenters. The Labute approximate surface area is 103 Å². The zero-order valence-electron chi connectivity index (χ0n) is 9.56. The van der Waals surface area contributed by atoms with E-state index in [1.54, 1.807) is 24.3 Å². The second kappa shape index (κ2) is 5.46. The predicted molar refractivity (Wildman–Crippen MR) is 62.1 cm³/mol. The molecule has 5 heteroatoms. The lowest BCUT2D eigenvalue weighted by Gasteiger charge is -2.03. The number of halogens is 1. The first-order valence-electron chi connectivity index (χ1n) is 5.40. The van der Waals surface area contributed by atoms with Crippen LogP contribution in [0, 0.1) is 5.82 Å². The lowest BCUT2D eigenvalue weighted by Crippen LogP contribution is -2.05. The Hall–Kier alpha value is -2.14. The van der Waals surface area contributed by atoms with Gasteiger partial charge >= 0.3 is 5.97 Å². The minimum absolute atomic E-state index is 0.0618. The molecule has 0 bridgehead atoms. The van der Waals surface area contributed by atoms with Crippen LogP contribution in [0.4, 0.5) is 4.39 Å². The minimum atomic E-state index is -0.641. The van der Waals surface area contributed by atoms with Crippen LogP contribution in [0.3, 0.4) is 0 Å². The van der Waals surface area contributed by atoms with Crippen molar-refractivity contribution in [3.05, 3.63) is 59.3 Å². The van der Waals surface area contributed by atoms with E-state index in [1.807, 2.05) is 0 Å². The molecule has 0 amide bonds. The van der Waals surface area contributed by atoms with Gasteiger partial charge in [0, 0.05) is 5.56 Å². The molecule has 1 aromatic carbocycles. The van der Waals surface area contributed by atoms with Crippen molar-refractivity contribution < 1.29 is 18.3 Å².